The number of pyridine rings is 1. The van der Waals surface area contributed by atoms with E-state index >= 15 is 0 Å². The van der Waals surface area contributed by atoms with Gasteiger partial charge in [-0.05, 0) is 24.6 Å². The summed E-state index contributed by atoms with van der Waals surface area (Å²) < 4.78 is 20.5. The molecule has 0 aliphatic heterocycles. The fraction of sp³-hybridized carbons (Fsp3) is 0.250. The van der Waals surface area contributed by atoms with E-state index in [2.05, 4.69) is 25.5 Å². The van der Waals surface area contributed by atoms with E-state index in [-0.39, 0.29) is 5.56 Å². The van der Waals surface area contributed by atoms with Gasteiger partial charge in [0, 0.05) is 38.0 Å². The molecule has 0 radical (unpaired) electrons. The molecule has 0 aliphatic rings. The van der Waals surface area contributed by atoms with Gasteiger partial charge in [-0.25, -0.2) is 4.39 Å². The van der Waals surface area contributed by atoms with E-state index in [9.17, 15) is 9.18 Å². The van der Waals surface area contributed by atoms with Crippen molar-refractivity contribution in [3.63, 3.8) is 0 Å². The van der Waals surface area contributed by atoms with Gasteiger partial charge in [0.1, 0.15) is 5.69 Å². The zero-order chi connectivity index (χ0) is 20.8. The summed E-state index contributed by atoms with van der Waals surface area (Å²) in [4.78, 5) is 20.1. The molecular weight excluding hydrogens is 375 g/mol. The Bertz CT molecular complexity index is 1070. The minimum absolute atomic E-state index is 0.0536. The van der Waals surface area contributed by atoms with Crippen molar-refractivity contribution in [2.24, 2.45) is 7.05 Å². The Hall–Kier alpha value is -3.62. The van der Waals surface area contributed by atoms with E-state index in [0.717, 1.165) is 11.9 Å². The highest BCUT2D eigenvalue weighted by atomic mass is 19.1. The molecular formula is C20H21FN6O2. The van der Waals surface area contributed by atoms with E-state index < -0.39 is 11.7 Å². The first-order chi connectivity index (χ1) is 14.0. The van der Waals surface area contributed by atoms with E-state index in [1.165, 1.54) is 12.3 Å². The van der Waals surface area contributed by atoms with Gasteiger partial charge in [-0.1, -0.05) is 24.2 Å². The predicted octanol–water partition coefficient (Wildman–Crippen LogP) is 3.14. The molecule has 1 N–H and O–H groups in total. The van der Waals surface area contributed by atoms with Gasteiger partial charge in [-0.15, -0.1) is 0 Å². The molecule has 3 heterocycles. The standard InChI is InChI=1S/C20H21FN6O2/c1-4-6-14(24-20(28)16-9-10-22-12-17(16)21)7-5-8-15-11-18(25-27(15)3)19-23-13(2)29-26-19/h5-7,9-12H,4,8H2,1-3H3,(H,24,28)/b7-5-,14-6+. The first kappa shape index (κ1) is 20.1. The molecule has 0 saturated carbocycles. The van der Waals surface area contributed by atoms with Gasteiger partial charge in [0.05, 0.1) is 11.8 Å². The van der Waals surface area contributed by atoms with Crippen molar-refractivity contribution in [2.45, 2.75) is 26.7 Å². The maximum Gasteiger partial charge on any atom is 0.258 e. The van der Waals surface area contributed by atoms with Crippen LogP contribution in [-0.2, 0) is 13.5 Å². The number of aryl methyl sites for hydroxylation is 2. The molecule has 3 rings (SSSR count). The van der Waals surface area contributed by atoms with E-state index in [4.69, 9.17) is 4.52 Å². The number of nitrogens with one attached hydrogen (secondary N) is 1. The second-order valence-corrected chi connectivity index (χ2v) is 6.27. The summed E-state index contributed by atoms with van der Waals surface area (Å²) in [6.45, 7) is 3.67. The minimum atomic E-state index is -0.663. The monoisotopic (exact) mass is 396 g/mol. The van der Waals surface area contributed by atoms with Crippen LogP contribution in [0.4, 0.5) is 4.39 Å². The summed E-state index contributed by atoms with van der Waals surface area (Å²) >= 11 is 0. The lowest BCUT2D eigenvalue weighted by Crippen LogP contribution is -2.23. The topological polar surface area (TPSA) is 98.7 Å². The highest BCUT2D eigenvalue weighted by Gasteiger charge is 2.13. The SMILES string of the molecule is CC/C=C(\C=C/Cc1cc(-c2noc(C)n2)nn1C)NC(=O)c1ccncc1F. The van der Waals surface area contributed by atoms with Crippen molar-refractivity contribution in [1.82, 2.24) is 30.2 Å². The third-order valence-electron chi connectivity index (χ3n) is 4.06. The molecule has 0 spiro atoms. The highest BCUT2D eigenvalue weighted by Crippen LogP contribution is 2.16. The van der Waals surface area contributed by atoms with Crippen LogP contribution in [0.1, 0.15) is 35.3 Å². The van der Waals surface area contributed by atoms with Crippen LogP contribution >= 0.6 is 0 Å². The Morgan fingerprint density at radius 2 is 2.24 bits per heavy atom. The first-order valence-electron chi connectivity index (χ1n) is 9.09. The predicted molar refractivity (Wildman–Crippen MR) is 104 cm³/mol. The molecule has 0 bridgehead atoms. The average Bonchev–Trinajstić information content (AvgIpc) is 3.28. The molecule has 3 aromatic rings. The molecule has 0 saturated heterocycles. The van der Waals surface area contributed by atoms with Gasteiger partial charge < -0.3 is 9.84 Å². The zero-order valence-electron chi connectivity index (χ0n) is 16.4. The van der Waals surface area contributed by atoms with E-state index in [1.807, 2.05) is 32.2 Å². The number of halogens is 1. The molecule has 9 heteroatoms. The fourth-order valence-corrected chi connectivity index (χ4v) is 2.65. The van der Waals surface area contributed by atoms with Gasteiger partial charge >= 0.3 is 0 Å². The number of carbonyl (C=O) groups is 1. The van der Waals surface area contributed by atoms with Crippen molar-refractivity contribution >= 4 is 5.91 Å². The molecule has 0 fully saturated rings. The summed E-state index contributed by atoms with van der Waals surface area (Å²) in [5.74, 6) is -0.275. The number of allylic oxidation sites excluding steroid dienone is 3. The van der Waals surface area contributed by atoms with Crippen LogP contribution < -0.4 is 5.32 Å². The number of hydrogen-bond donors (Lipinski definition) is 1. The molecule has 0 aromatic carbocycles. The number of carbonyl (C=O) groups excluding carboxylic acids is 1. The van der Waals surface area contributed by atoms with Crippen LogP contribution in [0.25, 0.3) is 11.5 Å². The zero-order valence-corrected chi connectivity index (χ0v) is 16.4. The lowest BCUT2D eigenvalue weighted by atomic mass is 10.2. The highest BCUT2D eigenvalue weighted by molar-refractivity contribution is 5.95. The Kier molecular flexibility index (Phi) is 6.28. The quantitative estimate of drug-likeness (QED) is 0.616. The third kappa shape index (κ3) is 5.01. The summed E-state index contributed by atoms with van der Waals surface area (Å²) in [6.07, 6.45) is 9.21. The lowest BCUT2D eigenvalue weighted by Gasteiger charge is -2.07. The molecule has 29 heavy (non-hydrogen) atoms. The number of rotatable bonds is 7. The molecule has 8 nitrogen and oxygen atoms in total. The summed E-state index contributed by atoms with van der Waals surface area (Å²) in [5, 5.41) is 11.0. The second kappa shape index (κ2) is 9.05. The minimum Gasteiger partial charge on any atom is -0.339 e. The summed E-state index contributed by atoms with van der Waals surface area (Å²) in [7, 11) is 1.83. The molecule has 1 amide bonds. The van der Waals surface area contributed by atoms with Gasteiger partial charge in [0.15, 0.2) is 5.82 Å². The maximum absolute atomic E-state index is 13.8. The van der Waals surface area contributed by atoms with E-state index in [1.54, 1.807) is 17.7 Å². The van der Waals surface area contributed by atoms with Crippen LogP contribution in [0.3, 0.4) is 0 Å². The van der Waals surface area contributed by atoms with Crippen LogP contribution in [0.5, 0.6) is 0 Å². The number of nitrogens with zero attached hydrogens (tertiary/aromatic N) is 5. The van der Waals surface area contributed by atoms with Crippen LogP contribution in [-0.4, -0.2) is 30.8 Å². The third-order valence-corrected chi connectivity index (χ3v) is 4.06. The molecule has 0 aliphatic carbocycles. The molecule has 0 unspecified atom stereocenters. The van der Waals surface area contributed by atoms with Crippen molar-refractivity contribution in [3.8, 4) is 11.5 Å². The Labute approximate surface area is 167 Å². The Morgan fingerprint density at radius 1 is 1.41 bits per heavy atom. The van der Waals surface area contributed by atoms with Crippen molar-refractivity contribution in [1.29, 1.82) is 0 Å². The Morgan fingerprint density at radius 3 is 2.93 bits per heavy atom. The largest absolute Gasteiger partial charge is 0.339 e. The molecule has 0 atom stereocenters. The van der Waals surface area contributed by atoms with E-state index in [0.29, 0.717) is 35.9 Å². The first-order valence-corrected chi connectivity index (χ1v) is 9.09. The smallest absolute Gasteiger partial charge is 0.258 e. The number of aromatic nitrogens is 5. The average molecular weight is 396 g/mol. The van der Waals surface area contributed by atoms with Gasteiger partial charge in [-0.3, -0.25) is 14.5 Å². The Balaban J connectivity index is 1.69. The number of amides is 1. The maximum atomic E-state index is 13.8. The van der Waals surface area contributed by atoms with Crippen molar-refractivity contribution < 1.29 is 13.7 Å². The number of hydrogen-bond acceptors (Lipinski definition) is 6. The molecule has 3 aromatic heterocycles. The van der Waals surface area contributed by atoms with Gasteiger partial charge in [0.25, 0.3) is 5.91 Å². The van der Waals surface area contributed by atoms with Crippen LogP contribution in [0.2, 0.25) is 0 Å². The summed E-state index contributed by atoms with van der Waals surface area (Å²) in [5.41, 5.74) is 2.09. The van der Waals surface area contributed by atoms with Crippen molar-refractivity contribution in [2.75, 3.05) is 0 Å². The van der Waals surface area contributed by atoms with Gasteiger partial charge in [-0.2, -0.15) is 10.1 Å². The summed E-state index contributed by atoms with van der Waals surface area (Å²) in [6, 6.07) is 3.22. The second-order valence-electron chi connectivity index (χ2n) is 6.27. The van der Waals surface area contributed by atoms with Crippen LogP contribution in [0, 0.1) is 12.7 Å². The lowest BCUT2D eigenvalue weighted by molar-refractivity contribution is 0.0963. The molecule has 150 valence electrons. The van der Waals surface area contributed by atoms with Gasteiger partial charge in [0.2, 0.25) is 11.7 Å². The fourth-order valence-electron chi connectivity index (χ4n) is 2.65. The van der Waals surface area contributed by atoms with Crippen LogP contribution in [0.15, 0.2) is 53.0 Å². The normalized spacial score (nSPS) is 11.9. The van der Waals surface area contributed by atoms with Crippen molar-refractivity contribution in [3.05, 3.63) is 71.4 Å².